The summed E-state index contributed by atoms with van der Waals surface area (Å²) in [7, 11) is 0. The van der Waals surface area contributed by atoms with Gasteiger partial charge in [-0.2, -0.15) is 0 Å². The molecule has 0 radical (unpaired) electrons. The molecule has 1 amide bonds. The monoisotopic (exact) mass is 379 g/mol. The molecule has 2 aromatic rings. The highest BCUT2D eigenvalue weighted by Gasteiger charge is 2.21. The van der Waals surface area contributed by atoms with E-state index in [2.05, 4.69) is 48.7 Å². The van der Waals surface area contributed by atoms with Gasteiger partial charge in [0.1, 0.15) is 0 Å². The Balaban J connectivity index is 2.34. The highest BCUT2D eigenvalue weighted by atomic mass is 127. The second kappa shape index (κ2) is 5.95. The Morgan fingerprint density at radius 3 is 2.25 bits per heavy atom. The van der Waals surface area contributed by atoms with Gasteiger partial charge in [0.2, 0.25) is 0 Å². The van der Waals surface area contributed by atoms with Crippen LogP contribution in [0.15, 0.2) is 48.5 Å². The summed E-state index contributed by atoms with van der Waals surface area (Å²) in [4.78, 5) is 12.5. The van der Waals surface area contributed by atoms with Crippen molar-refractivity contribution in [2.75, 3.05) is 5.32 Å². The van der Waals surface area contributed by atoms with Crippen molar-refractivity contribution in [3.05, 3.63) is 63.2 Å². The predicted octanol–water partition coefficient (Wildman–Crippen LogP) is 4.84. The molecule has 0 atom stereocenters. The third-order valence-electron chi connectivity index (χ3n) is 3.10. The third-order valence-corrected chi connectivity index (χ3v) is 4.04. The molecule has 0 unspecified atom stereocenters. The minimum Gasteiger partial charge on any atom is -0.321 e. The fourth-order valence-corrected chi connectivity index (χ4v) is 2.61. The lowest BCUT2D eigenvalue weighted by atomic mass is 9.83. The zero-order valence-electron chi connectivity index (χ0n) is 11.9. The van der Waals surface area contributed by atoms with E-state index in [0.29, 0.717) is 0 Å². The highest BCUT2D eigenvalue weighted by Crippen LogP contribution is 2.27. The summed E-state index contributed by atoms with van der Waals surface area (Å²) in [5, 5.41) is 2.99. The molecule has 0 fully saturated rings. The fourth-order valence-electron chi connectivity index (χ4n) is 2.09. The molecule has 20 heavy (non-hydrogen) atoms. The molecule has 0 aliphatic carbocycles. The molecule has 0 heterocycles. The van der Waals surface area contributed by atoms with Gasteiger partial charge in [0.25, 0.3) is 5.91 Å². The quantitative estimate of drug-likeness (QED) is 0.744. The van der Waals surface area contributed by atoms with Crippen molar-refractivity contribution in [2.24, 2.45) is 0 Å². The third kappa shape index (κ3) is 3.39. The normalized spacial score (nSPS) is 11.2. The average Bonchev–Trinajstić information content (AvgIpc) is 2.40. The van der Waals surface area contributed by atoms with Gasteiger partial charge in [0.05, 0.1) is 5.69 Å². The number of hydrogen-bond acceptors (Lipinski definition) is 1. The first-order valence-electron chi connectivity index (χ1n) is 6.55. The summed E-state index contributed by atoms with van der Waals surface area (Å²) in [5.74, 6) is -0.0559. The van der Waals surface area contributed by atoms with Crippen molar-refractivity contribution < 1.29 is 4.79 Å². The molecule has 2 aromatic carbocycles. The van der Waals surface area contributed by atoms with Crippen molar-refractivity contribution in [2.45, 2.75) is 26.2 Å². The number of halogens is 1. The zero-order chi connectivity index (χ0) is 14.8. The van der Waals surface area contributed by atoms with Crippen molar-refractivity contribution in [3.63, 3.8) is 0 Å². The van der Waals surface area contributed by atoms with Gasteiger partial charge in [-0.05, 0) is 51.8 Å². The van der Waals surface area contributed by atoms with Gasteiger partial charge in [-0.1, -0.05) is 51.1 Å². The maximum atomic E-state index is 12.5. The topological polar surface area (TPSA) is 29.1 Å². The van der Waals surface area contributed by atoms with Crippen LogP contribution in [0.2, 0.25) is 0 Å². The second-order valence-corrected chi connectivity index (χ2v) is 6.89. The molecule has 0 bridgehead atoms. The molecule has 0 aromatic heterocycles. The summed E-state index contributed by atoms with van der Waals surface area (Å²) in [6.45, 7) is 6.35. The standard InChI is InChI=1S/C17H18INO/c1-17(2,3)13-9-5-4-8-12(13)16(20)19-15-11-7-6-10-14(15)18/h4-11H,1-3H3,(H,19,20). The summed E-state index contributed by atoms with van der Waals surface area (Å²) >= 11 is 2.22. The number of amides is 1. The van der Waals surface area contributed by atoms with Crippen LogP contribution in [0.3, 0.4) is 0 Å². The van der Waals surface area contributed by atoms with Crippen LogP contribution in [0.5, 0.6) is 0 Å². The molecule has 2 rings (SSSR count). The van der Waals surface area contributed by atoms with Gasteiger partial charge in [0, 0.05) is 9.13 Å². The molecule has 0 saturated heterocycles. The Morgan fingerprint density at radius 2 is 1.60 bits per heavy atom. The second-order valence-electron chi connectivity index (χ2n) is 5.73. The van der Waals surface area contributed by atoms with E-state index in [1.165, 1.54) is 0 Å². The average molecular weight is 379 g/mol. The molecule has 3 heteroatoms. The first-order chi connectivity index (χ1) is 9.39. The van der Waals surface area contributed by atoms with Crippen LogP contribution in [0, 0.1) is 3.57 Å². The Hall–Kier alpha value is -1.36. The fraction of sp³-hybridized carbons (Fsp3) is 0.235. The van der Waals surface area contributed by atoms with Crippen LogP contribution in [-0.2, 0) is 5.41 Å². The number of nitrogens with one attached hydrogen (secondary N) is 1. The van der Waals surface area contributed by atoms with Crippen LogP contribution >= 0.6 is 22.6 Å². The Morgan fingerprint density at radius 1 is 1.00 bits per heavy atom. The van der Waals surface area contributed by atoms with Crippen LogP contribution in [0.4, 0.5) is 5.69 Å². The maximum Gasteiger partial charge on any atom is 0.255 e. The number of anilines is 1. The molecular weight excluding hydrogens is 361 g/mol. The summed E-state index contributed by atoms with van der Waals surface area (Å²) in [6, 6.07) is 15.6. The van der Waals surface area contributed by atoms with E-state index >= 15 is 0 Å². The van der Waals surface area contributed by atoms with E-state index in [9.17, 15) is 4.79 Å². The van der Waals surface area contributed by atoms with Crippen LogP contribution in [-0.4, -0.2) is 5.91 Å². The lowest BCUT2D eigenvalue weighted by Gasteiger charge is -2.22. The van der Waals surface area contributed by atoms with Crippen molar-refractivity contribution in [3.8, 4) is 0 Å². The molecule has 2 nitrogen and oxygen atoms in total. The van der Waals surface area contributed by atoms with Gasteiger partial charge in [-0.25, -0.2) is 0 Å². The predicted molar refractivity (Wildman–Crippen MR) is 92.3 cm³/mol. The van der Waals surface area contributed by atoms with Gasteiger partial charge in [-0.3, -0.25) is 4.79 Å². The number of carbonyl (C=O) groups is 1. The Labute approximate surface area is 133 Å². The molecule has 0 aliphatic heterocycles. The minimum absolute atomic E-state index is 0.0559. The summed E-state index contributed by atoms with van der Waals surface area (Å²) in [6.07, 6.45) is 0. The number of para-hydroxylation sites is 1. The Bertz CT molecular complexity index is 629. The Kier molecular flexibility index (Phi) is 4.48. The molecule has 0 aliphatic rings. The number of benzene rings is 2. The number of hydrogen-bond donors (Lipinski definition) is 1. The van der Waals surface area contributed by atoms with E-state index in [1.807, 2.05) is 48.5 Å². The number of rotatable bonds is 2. The zero-order valence-corrected chi connectivity index (χ0v) is 14.1. The van der Waals surface area contributed by atoms with E-state index in [4.69, 9.17) is 0 Å². The van der Waals surface area contributed by atoms with E-state index in [0.717, 1.165) is 20.4 Å². The van der Waals surface area contributed by atoms with Gasteiger partial charge < -0.3 is 5.32 Å². The van der Waals surface area contributed by atoms with E-state index < -0.39 is 0 Å². The minimum atomic E-state index is -0.0578. The summed E-state index contributed by atoms with van der Waals surface area (Å²) in [5.41, 5.74) is 2.59. The van der Waals surface area contributed by atoms with Gasteiger partial charge in [-0.15, -0.1) is 0 Å². The van der Waals surface area contributed by atoms with Crippen molar-refractivity contribution in [1.29, 1.82) is 0 Å². The van der Waals surface area contributed by atoms with Gasteiger partial charge >= 0.3 is 0 Å². The molecule has 1 N–H and O–H groups in total. The van der Waals surface area contributed by atoms with Crippen LogP contribution in [0.1, 0.15) is 36.7 Å². The van der Waals surface area contributed by atoms with Crippen LogP contribution in [0.25, 0.3) is 0 Å². The smallest absolute Gasteiger partial charge is 0.255 e. The van der Waals surface area contributed by atoms with Gasteiger partial charge in [0.15, 0.2) is 0 Å². The lowest BCUT2D eigenvalue weighted by Crippen LogP contribution is -2.21. The molecule has 0 saturated carbocycles. The summed E-state index contributed by atoms with van der Waals surface area (Å²) < 4.78 is 1.03. The first-order valence-corrected chi connectivity index (χ1v) is 7.63. The maximum absolute atomic E-state index is 12.5. The molecular formula is C17H18INO. The van der Waals surface area contributed by atoms with Crippen molar-refractivity contribution in [1.82, 2.24) is 0 Å². The van der Waals surface area contributed by atoms with Crippen molar-refractivity contribution >= 4 is 34.2 Å². The van der Waals surface area contributed by atoms with E-state index in [-0.39, 0.29) is 11.3 Å². The lowest BCUT2D eigenvalue weighted by molar-refractivity contribution is 0.102. The number of carbonyl (C=O) groups excluding carboxylic acids is 1. The van der Waals surface area contributed by atoms with E-state index in [1.54, 1.807) is 0 Å². The molecule has 104 valence electrons. The van der Waals surface area contributed by atoms with Crippen LogP contribution < -0.4 is 5.32 Å². The molecule has 0 spiro atoms. The largest absolute Gasteiger partial charge is 0.321 e. The SMILES string of the molecule is CC(C)(C)c1ccccc1C(=O)Nc1ccccc1I. The highest BCUT2D eigenvalue weighted by molar-refractivity contribution is 14.1. The first kappa shape index (κ1) is 15.0.